The molecule has 0 spiro atoms. The van der Waals surface area contributed by atoms with E-state index in [0.29, 0.717) is 22.4 Å². The Morgan fingerprint density at radius 3 is 2.15 bits per heavy atom. The first-order chi connectivity index (χ1) is 19.0. The second kappa shape index (κ2) is 11.6. The van der Waals surface area contributed by atoms with Gasteiger partial charge in [-0.15, -0.1) is 0 Å². The number of benzene rings is 3. The van der Waals surface area contributed by atoms with Gasteiger partial charge in [0, 0.05) is 38.3 Å². The molecule has 0 aliphatic carbocycles. The van der Waals surface area contributed by atoms with Crippen LogP contribution in [0.4, 0.5) is 11.5 Å². The molecule has 0 radical (unpaired) electrons. The van der Waals surface area contributed by atoms with E-state index >= 15 is 0 Å². The lowest BCUT2D eigenvalue weighted by Gasteiger charge is -2.35. The fraction of sp³-hybridized carbons (Fsp3) is 0.188. The van der Waals surface area contributed by atoms with Gasteiger partial charge in [-0.05, 0) is 77.7 Å². The summed E-state index contributed by atoms with van der Waals surface area (Å²) in [4.78, 5) is 22.3. The van der Waals surface area contributed by atoms with E-state index in [4.69, 9.17) is 10.5 Å². The number of anilines is 2. The number of hydrogen-bond acceptors (Lipinski definition) is 6. The molecule has 5 rings (SSSR count). The van der Waals surface area contributed by atoms with Crippen LogP contribution in [0.5, 0.6) is 0 Å². The van der Waals surface area contributed by atoms with Crippen LogP contribution in [0.3, 0.4) is 0 Å². The number of carbonyl (C=O) groups excluding carboxylic acids is 1. The lowest BCUT2D eigenvalue weighted by Crippen LogP contribution is -2.46. The van der Waals surface area contributed by atoms with Crippen molar-refractivity contribution in [2.45, 2.75) is 13.5 Å². The highest BCUT2D eigenvalue weighted by Gasteiger charge is 2.18. The maximum Gasteiger partial charge on any atom is 0.255 e. The molecule has 0 atom stereocenters. The van der Waals surface area contributed by atoms with Crippen LogP contribution in [-0.4, -0.2) is 42.0 Å². The van der Waals surface area contributed by atoms with E-state index in [0.717, 1.165) is 55.2 Å². The zero-order valence-electron chi connectivity index (χ0n) is 21.8. The van der Waals surface area contributed by atoms with Crippen molar-refractivity contribution in [3.63, 3.8) is 0 Å². The third-order valence-corrected chi connectivity index (χ3v) is 7.02. The Morgan fingerprint density at radius 1 is 0.872 bits per heavy atom. The highest BCUT2D eigenvalue weighted by molar-refractivity contribution is 6.05. The molecule has 4 aromatic rings. The SMILES string of the molecule is Cc1ccc(C(=O)Nc2ccc(N3CCN(Cc4ccc(C#N)cc4)CC3)nc2)cc1-c1ccc(C#N)cc1. The molecule has 39 heavy (non-hydrogen) atoms. The first-order valence-corrected chi connectivity index (χ1v) is 12.9. The molecule has 1 aliphatic rings. The number of hydrogen-bond donors (Lipinski definition) is 1. The Balaban J connectivity index is 1.18. The topological polar surface area (TPSA) is 96.1 Å². The van der Waals surface area contributed by atoms with Crippen molar-refractivity contribution in [1.29, 1.82) is 10.5 Å². The number of aromatic nitrogens is 1. The molecule has 1 N–H and O–H groups in total. The Labute approximate surface area is 228 Å². The van der Waals surface area contributed by atoms with E-state index in [9.17, 15) is 4.79 Å². The number of carbonyl (C=O) groups is 1. The molecule has 1 fully saturated rings. The minimum atomic E-state index is -0.198. The van der Waals surface area contributed by atoms with E-state index < -0.39 is 0 Å². The van der Waals surface area contributed by atoms with E-state index in [2.05, 4.69) is 32.2 Å². The fourth-order valence-corrected chi connectivity index (χ4v) is 4.73. The Hall–Kier alpha value is -4.98. The molecule has 7 heteroatoms. The van der Waals surface area contributed by atoms with Crippen molar-refractivity contribution in [2.75, 3.05) is 36.4 Å². The van der Waals surface area contributed by atoms with Gasteiger partial charge in [-0.1, -0.05) is 30.3 Å². The summed E-state index contributed by atoms with van der Waals surface area (Å²) in [6.45, 7) is 6.46. The minimum Gasteiger partial charge on any atom is -0.354 e. The molecule has 1 saturated heterocycles. The van der Waals surface area contributed by atoms with Crippen LogP contribution in [0, 0.1) is 29.6 Å². The minimum absolute atomic E-state index is 0.198. The summed E-state index contributed by atoms with van der Waals surface area (Å²) in [5, 5.41) is 21.0. The standard InChI is InChI=1S/C32H28N6O/c1-23-2-9-28(18-30(23)27-10-7-25(20-34)8-11-27)32(39)36-29-12-13-31(35-21-29)38-16-14-37(15-17-38)22-26-5-3-24(19-33)4-6-26/h2-13,18,21H,14-17,22H2,1H3,(H,36,39). The lowest BCUT2D eigenvalue weighted by molar-refractivity contribution is 0.102. The smallest absolute Gasteiger partial charge is 0.255 e. The first-order valence-electron chi connectivity index (χ1n) is 12.9. The van der Waals surface area contributed by atoms with Crippen molar-refractivity contribution in [3.8, 4) is 23.3 Å². The number of aryl methyl sites for hydroxylation is 1. The van der Waals surface area contributed by atoms with E-state index in [-0.39, 0.29) is 5.91 Å². The highest BCUT2D eigenvalue weighted by Crippen LogP contribution is 2.26. The monoisotopic (exact) mass is 512 g/mol. The number of nitrogens with one attached hydrogen (secondary N) is 1. The van der Waals surface area contributed by atoms with Gasteiger partial charge in [0.2, 0.25) is 0 Å². The fourth-order valence-electron chi connectivity index (χ4n) is 4.73. The predicted octanol–water partition coefficient (Wildman–Crippen LogP) is 5.37. The van der Waals surface area contributed by atoms with Gasteiger partial charge in [-0.3, -0.25) is 9.69 Å². The quantitative estimate of drug-likeness (QED) is 0.373. The molecule has 0 saturated carbocycles. The van der Waals surface area contributed by atoms with Gasteiger partial charge < -0.3 is 10.2 Å². The number of pyridine rings is 1. The summed E-state index contributed by atoms with van der Waals surface area (Å²) < 4.78 is 0. The Morgan fingerprint density at radius 2 is 1.54 bits per heavy atom. The van der Waals surface area contributed by atoms with Gasteiger partial charge in [0.1, 0.15) is 5.82 Å². The van der Waals surface area contributed by atoms with Crippen LogP contribution < -0.4 is 10.2 Å². The van der Waals surface area contributed by atoms with Crippen molar-refractivity contribution in [1.82, 2.24) is 9.88 Å². The molecule has 1 aliphatic heterocycles. The van der Waals surface area contributed by atoms with Crippen molar-refractivity contribution >= 4 is 17.4 Å². The zero-order chi connectivity index (χ0) is 27.2. The highest BCUT2D eigenvalue weighted by atomic mass is 16.1. The van der Waals surface area contributed by atoms with E-state index in [1.165, 1.54) is 5.56 Å². The molecule has 1 aromatic heterocycles. The zero-order valence-corrected chi connectivity index (χ0v) is 21.8. The summed E-state index contributed by atoms with van der Waals surface area (Å²) in [5.41, 5.74) is 6.67. The Bertz CT molecular complexity index is 1540. The summed E-state index contributed by atoms with van der Waals surface area (Å²) in [6.07, 6.45) is 1.70. The van der Waals surface area contributed by atoms with E-state index in [1.807, 2.05) is 73.7 Å². The van der Waals surface area contributed by atoms with Gasteiger partial charge >= 0.3 is 0 Å². The summed E-state index contributed by atoms with van der Waals surface area (Å²) in [7, 11) is 0. The second-order valence-corrected chi connectivity index (χ2v) is 9.65. The summed E-state index contributed by atoms with van der Waals surface area (Å²) in [5.74, 6) is 0.695. The maximum absolute atomic E-state index is 13.0. The van der Waals surface area contributed by atoms with Crippen molar-refractivity contribution in [2.24, 2.45) is 0 Å². The maximum atomic E-state index is 13.0. The van der Waals surface area contributed by atoms with E-state index in [1.54, 1.807) is 18.3 Å². The van der Waals surface area contributed by atoms with Gasteiger partial charge in [0.05, 0.1) is 35.1 Å². The van der Waals surface area contributed by atoms with Crippen LogP contribution >= 0.6 is 0 Å². The number of nitrogens with zero attached hydrogens (tertiary/aromatic N) is 5. The molecule has 0 unspecified atom stereocenters. The van der Waals surface area contributed by atoms with Crippen molar-refractivity contribution < 1.29 is 4.79 Å². The number of nitriles is 2. The first kappa shape index (κ1) is 25.7. The molecule has 0 bridgehead atoms. The summed E-state index contributed by atoms with van der Waals surface area (Å²) in [6, 6.07) is 28.9. The van der Waals surface area contributed by atoms with Crippen LogP contribution in [-0.2, 0) is 6.54 Å². The third kappa shape index (κ3) is 6.13. The molecular formula is C32H28N6O. The van der Waals surface area contributed by atoms with Crippen LogP contribution in [0.2, 0.25) is 0 Å². The average Bonchev–Trinajstić information content (AvgIpc) is 2.99. The second-order valence-electron chi connectivity index (χ2n) is 9.65. The molecule has 2 heterocycles. The third-order valence-electron chi connectivity index (χ3n) is 7.02. The van der Waals surface area contributed by atoms with Crippen LogP contribution in [0.1, 0.15) is 32.6 Å². The van der Waals surface area contributed by atoms with Gasteiger partial charge in [-0.25, -0.2) is 4.98 Å². The molecule has 192 valence electrons. The largest absolute Gasteiger partial charge is 0.354 e. The molecular weight excluding hydrogens is 484 g/mol. The van der Waals surface area contributed by atoms with Gasteiger partial charge in [-0.2, -0.15) is 10.5 Å². The number of piperazine rings is 1. The number of amides is 1. The predicted molar refractivity (Wildman–Crippen MR) is 152 cm³/mol. The molecule has 7 nitrogen and oxygen atoms in total. The van der Waals surface area contributed by atoms with Crippen LogP contribution in [0.25, 0.3) is 11.1 Å². The lowest BCUT2D eigenvalue weighted by atomic mass is 9.97. The average molecular weight is 513 g/mol. The van der Waals surface area contributed by atoms with Crippen molar-refractivity contribution in [3.05, 3.63) is 113 Å². The molecule has 1 amide bonds. The Kier molecular flexibility index (Phi) is 7.63. The van der Waals surface area contributed by atoms with Gasteiger partial charge in [0.15, 0.2) is 0 Å². The number of rotatable bonds is 6. The van der Waals surface area contributed by atoms with Gasteiger partial charge in [0.25, 0.3) is 5.91 Å². The normalized spacial score (nSPS) is 13.4. The van der Waals surface area contributed by atoms with Crippen LogP contribution in [0.15, 0.2) is 85.1 Å². The summed E-state index contributed by atoms with van der Waals surface area (Å²) >= 11 is 0. The molecule has 3 aromatic carbocycles.